The van der Waals surface area contributed by atoms with Gasteiger partial charge in [-0.25, -0.2) is 0 Å². The molecule has 13 heavy (non-hydrogen) atoms. The predicted octanol–water partition coefficient (Wildman–Crippen LogP) is 0.979. The fourth-order valence-electron chi connectivity index (χ4n) is 1.33. The van der Waals surface area contributed by atoms with Crippen LogP contribution in [0, 0.1) is 0 Å². The Labute approximate surface area is 77.0 Å². The van der Waals surface area contributed by atoms with Gasteiger partial charge in [0.25, 0.3) is 5.43 Å². The van der Waals surface area contributed by atoms with Crippen LogP contribution >= 0.6 is 0 Å². The molecule has 0 radical (unpaired) electrons. The minimum Gasteiger partial charge on any atom is -0.489 e. The molecule has 0 aliphatic heterocycles. The first-order valence-corrected chi connectivity index (χ1v) is 4.36. The second-order valence-corrected chi connectivity index (χ2v) is 4.05. The quantitative estimate of drug-likeness (QED) is 0.640. The molecular formula is C10H14O3. The Hall–Kier alpha value is -1.12. The van der Waals surface area contributed by atoms with Gasteiger partial charge in [0.15, 0.2) is 5.75 Å². The fourth-order valence-corrected chi connectivity index (χ4v) is 1.33. The molecule has 0 unspecified atom stereocenters. The second kappa shape index (κ2) is 2.98. The number of ether oxygens (including phenoxy) is 1. The van der Waals surface area contributed by atoms with E-state index >= 15 is 0 Å². The van der Waals surface area contributed by atoms with E-state index in [0.717, 1.165) is 0 Å². The van der Waals surface area contributed by atoms with Crippen molar-refractivity contribution in [2.24, 2.45) is 0 Å². The summed E-state index contributed by atoms with van der Waals surface area (Å²) in [4.78, 5) is 22.3. The smallest absolute Gasteiger partial charge is 0.268 e. The molecule has 1 aromatic carbocycles. The Morgan fingerprint density at radius 2 is 1.69 bits per heavy atom. The minimum atomic E-state index is -0.480. The normalized spacial score (nSPS) is 12.0. The van der Waals surface area contributed by atoms with E-state index in [1.165, 1.54) is 0 Å². The second-order valence-electron chi connectivity index (χ2n) is 4.05. The molecule has 1 rings (SSSR count). The van der Waals surface area contributed by atoms with Gasteiger partial charge in [-0.3, -0.25) is 9.59 Å². The van der Waals surface area contributed by atoms with E-state index in [2.05, 4.69) is 0 Å². The maximum Gasteiger partial charge on any atom is 0.268 e. The largest absolute Gasteiger partial charge is 0.489 e. The monoisotopic (exact) mass is 182 g/mol. The van der Waals surface area contributed by atoms with Crippen LogP contribution < -0.4 is 15.6 Å². The molecular weight excluding hydrogens is 168 g/mol. The molecule has 0 spiro atoms. The predicted molar refractivity (Wildman–Crippen MR) is 51.2 cm³/mol. The molecule has 0 saturated heterocycles. The number of hydrogen-bond donors (Lipinski definition) is 0. The van der Waals surface area contributed by atoms with Crippen molar-refractivity contribution in [2.45, 2.75) is 33.1 Å². The van der Waals surface area contributed by atoms with Crippen molar-refractivity contribution in [3.05, 3.63) is 26.0 Å². The first kappa shape index (κ1) is 9.96. The number of hydrogen-bond acceptors (Lipinski definition) is 3. The van der Waals surface area contributed by atoms with Gasteiger partial charge in [0, 0.05) is 0 Å². The summed E-state index contributed by atoms with van der Waals surface area (Å²) in [6, 6.07) is 0. The highest BCUT2D eigenvalue weighted by Gasteiger charge is 2.31. The lowest BCUT2D eigenvalue weighted by Crippen LogP contribution is -2.42. The molecule has 1 aromatic rings. The van der Waals surface area contributed by atoms with E-state index in [1.807, 2.05) is 20.8 Å². The average molecular weight is 182 g/mol. The highest BCUT2D eigenvalue weighted by atomic mass is 16.5. The van der Waals surface area contributed by atoms with E-state index < -0.39 is 10.9 Å². The molecule has 0 N–H and O–H groups in total. The Kier molecular flexibility index (Phi) is 2.28. The summed E-state index contributed by atoms with van der Waals surface area (Å²) in [7, 11) is 0. The van der Waals surface area contributed by atoms with E-state index in [0.29, 0.717) is 12.2 Å². The minimum absolute atomic E-state index is 0.264. The molecule has 0 atom stereocenters. The van der Waals surface area contributed by atoms with Crippen LogP contribution in [0.1, 0.15) is 33.3 Å². The topological polar surface area (TPSA) is 43.4 Å². The molecule has 0 aliphatic carbocycles. The van der Waals surface area contributed by atoms with Crippen LogP contribution in [0.15, 0.2) is 9.59 Å². The van der Waals surface area contributed by atoms with E-state index in [1.54, 1.807) is 6.92 Å². The van der Waals surface area contributed by atoms with Gasteiger partial charge in [-0.2, -0.15) is 0 Å². The van der Waals surface area contributed by atoms with Crippen molar-refractivity contribution in [3.8, 4) is 5.75 Å². The lowest BCUT2D eigenvalue weighted by Gasteiger charge is -2.22. The van der Waals surface area contributed by atoms with Gasteiger partial charge in [0.05, 0.1) is 12.2 Å². The van der Waals surface area contributed by atoms with Crippen molar-refractivity contribution >= 4 is 0 Å². The third kappa shape index (κ3) is 1.50. The molecule has 0 aliphatic rings. The van der Waals surface area contributed by atoms with Gasteiger partial charge < -0.3 is 4.74 Å². The summed E-state index contributed by atoms with van der Waals surface area (Å²) in [6.45, 7) is 7.90. The molecule has 0 heterocycles. The van der Waals surface area contributed by atoms with Crippen molar-refractivity contribution in [1.29, 1.82) is 0 Å². The zero-order chi connectivity index (χ0) is 10.2. The molecule has 0 aromatic heterocycles. The van der Waals surface area contributed by atoms with Crippen LogP contribution in [0.2, 0.25) is 0 Å². The lowest BCUT2D eigenvalue weighted by atomic mass is 9.83. The average Bonchev–Trinajstić information content (AvgIpc) is 2.01. The first-order chi connectivity index (χ1) is 5.89. The molecule has 3 nitrogen and oxygen atoms in total. The fraction of sp³-hybridized carbons (Fsp3) is 0.600. The summed E-state index contributed by atoms with van der Waals surface area (Å²) < 4.78 is 5.11. The maximum absolute atomic E-state index is 11.2. The van der Waals surface area contributed by atoms with Crippen molar-refractivity contribution in [3.63, 3.8) is 0 Å². The molecule has 0 saturated carbocycles. The summed E-state index contributed by atoms with van der Waals surface area (Å²) in [6.07, 6.45) is 0. The van der Waals surface area contributed by atoms with Gasteiger partial charge >= 0.3 is 0 Å². The summed E-state index contributed by atoms with van der Waals surface area (Å²) in [5, 5.41) is 0. The van der Waals surface area contributed by atoms with Gasteiger partial charge in [-0.1, -0.05) is 20.8 Å². The van der Waals surface area contributed by atoms with Crippen molar-refractivity contribution < 1.29 is 4.74 Å². The maximum atomic E-state index is 11.2. The van der Waals surface area contributed by atoms with Crippen LogP contribution in [0.25, 0.3) is 0 Å². The van der Waals surface area contributed by atoms with E-state index in [9.17, 15) is 9.59 Å². The van der Waals surface area contributed by atoms with Crippen LogP contribution in [0.5, 0.6) is 5.75 Å². The van der Waals surface area contributed by atoms with Gasteiger partial charge in [0.1, 0.15) is 0 Å². The van der Waals surface area contributed by atoms with Gasteiger partial charge in [-0.05, 0) is 12.3 Å². The van der Waals surface area contributed by atoms with Crippen LogP contribution in [-0.2, 0) is 5.41 Å². The Morgan fingerprint density at radius 3 is 2.08 bits per heavy atom. The third-order valence-electron chi connectivity index (χ3n) is 1.91. The van der Waals surface area contributed by atoms with Crippen LogP contribution in [0.3, 0.4) is 0 Å². The molecule has 72 valence electrons. The summed E-state index contributed by atoms with van der Waals surface area (Å²) >= 11 is 0. The Balaban J connectivity index is 3.17. The summed E-state index contributed by atoms with van der Waals surface area (Å²) in [5.41, 5.74) is -0.641. The highest BCUT2D eigenvalue weighted by Crippen LogP contribution is 2.26. The SMILES string of the molecule is CCOc1c(C(C)(C)C)c(=O)c1=O. The van der Waals surface area contributed by atoms with Crippen LogP contribution in [0.4, 0.5) is 0 Å². The Morgan fingerprint density at radius 1 is 1.15 bits per heavy atom. The van der Waals surface area contributed by atoms with Crippen molar-refractivity contribution in [1.82, 2.24) is 0 Å². The van der Waals surface area contributed by atoms with Crippen LogP contribution in [-0.4, -0.2) is 6.61 Å². The summed E-state index contributed by atoms with van der Waals surface area (Å²) in [5.74, 6) is 0.264. The first-order valence-electron chi connectivity index (χ1n) is 4.36. The zero-order valence-electron chi connectivity index (χ0n) is 8.43. The number of rotatable bonds is 2. The highest BCUT2D eigenvalue weighted by molar-refractivity contribution is 5.44. The molecule has 0 bridgehead atoms. The van der Waals surface area contributed by atoms with E-state index in [4.69, 9.17) is 4.74 Å². The van der Waals surface area contributed by atoms with Crippen molar-refractivity contribution in [2.75, 3.05) is 6.61 Å². The molecule has 0 amide bonds. The molecule has 3 heteroatoms. The van der Waals surface area contributed by atoms with Gasteiger partial charge in [0.2, 0.25) is 5.43 Å². The zero-order valence-corrected chi connectivity index (χ0v) is 8.43. The Bertz CT molecular complexity index is 375. The van der Waals surface area contributed by atoms with E-state index in [-0.39, 0.29) is 11.2 Å². The third-order valence-corrected chi connectivity index (χ3v) is 1.91. The molecule has 0 fully saturated rings. The standard InChI is InChI=1S/C10H14O3/c1-5-13-9-6(10(2,3)4)7(11)8(9)12/h5H2,1-4H3. The van der Waals surface area contributed by atoms with Gasteiger partial charge in [-0.15, -0.1) is 0 Å². The lowest BCUT2D eigenvalue weighted by molar-refractivity contribution is 0.319.